The molecule has 0 radical (unpaired) electrons. The van der Waals surface area contributed by atoms with E-state index in [-0.39, 0.29) is 6.04 Å². The lowest BCUT2D eigenvalue weighted by Gasteiger charge is -2.14. The molecule has 0 saturated carbocycles. The van der Waals surface area contributed by atoms with Crippen LogP contribution in [0, 0.1) is 6.92 Å². The summed E-state index contributed by atoms with van der Waals surface area (Å²) in [6, 6.07) is 8.37. The SMILES string of the molecule is CCCOCCC(N)c1ccccc1C. The van der Waals surface area contributed by atoms with Gasteiger partial charge in [0.15, 0.2) is 0 Å². The lowest BCUT2D eigenvalue weighted by Crippen LogP contribution is -2.14. The van der Waals surface area contributed by atoms with Crippen molar-refractivity contribution in [2.45, 2.75) is 32.7 Å². The van der Waals surface area contributed by atoms with Gasteiger partial charge >= 0.3 is 0 Å². The largest absolute Gasteiger partial charge is 0.381 e. The van der Waals surface area contributed by atoms with Gasteiger partial charge in [0, 0.05) is 19.3 Å². The summed E-state index contributed by atoms with van der Waals surface area (Å²) in [5, 5.41) is 0. The maximum atomic E-state index is 6.10. The van der Waals surface area contributed by atoms with Crippen LogP contribution in [-0.4, -0.2) is 13.2 Å². The summed E-state index contributed by atoms with van der Waals surface area (Å²) in [5.74, 6) is 0. The third-order valence-corrected chi connectivity index (χ3v) is 2.51. The highest BCUT2D eigenvalue weighted by Crippen LogP contribution is 2.17. The second-order valence-corrected chi connectivity index (χ2v) is 3.86. The zero-order valence-corrected chi connectivity index (χ0v) is 9.70. The van der Waals surface area contributed by atoms with Crippen molar-refractivity contribution in [3.05, 3.63) is 35.4 Å². The first-order valence-corrected chi connectivity index (χ1v) is 5.64. The van der Waals surface area contributed by atoms with E-state index in [9.17, 15) is 0 Å². The van der Waals surface area contributed by atoms with E-state index in [0.717, 1.165) is 26.1 Å². The Morgan fingerprint density at radius 1 is 1.27 bits per heavy atom. The molecule has 0 fully saturated rings. The van der Waals surface area contributed by atoms with Gasteiger partial charge in [-0.1, -0.05) is 31.2 Å². The molecule has 0 bridgehead atoms. The van der Waals surface area contributed by atoms with Gasteiger partial charge in [-0.3, -0.25) is 0 Å². The molecule has 1 rings (SSSR count). The summed E-state index contributed by atoms with van der Waals surface area (Å²) in [6.45, 7) is 5.80. The molecule has 15 heavy (non-hydrogen) atoms. The molecule has 2 nitrogen and oxygen atoms in total. The standard InChI is InChI=1S/C13H21NO/c1-3-9-15-10-8-13(14)12-7-5-4-6-11(12)2/h4-7,13H,3,8-10,14H2,1-2H3. The Bertz CT molecular complexity index is 286. The number of aryl methyl sites for hydroxylation is 1. The predicted octanol–water partition coefficient (Wildman–Crippen LogP) is 2.81. The van der Waals surface area contributed by atoms with Crippen LogP contribution in [0.4, 0.5) is 0 Å². The topological polar surface area (TPSA) is 35.2 Å². The van der Waals surface area contributed by atoms with Crippen LogP contribution in [0.5, 0.6) is 0 Å². The Morgan fingerprint density at radius 2 is 2.00 bits per heavy atom. The van der Waals surface area contributed by atoms with E-state index in [1.807, 2.05) is 12.1 Å². The van der Waals surface area contributed by atoms with Crippen LogP contribution in [0.3, 0.4) is 0 Å². The number of benzene rings is 1. The van der Waals surface area contributed by atoms with E-state index < -0.39 is 0 Å². The van der Waals surface area contributed by atoms with Crippen LogP contribution in [0.2, 0.25) is 0 Å². The maximum Gasteiger partial charge on any atom is 0.0484 e. The second-order valence-electron chi connectivity index (χ2n) is 3.86. The smallest absolute Gasteiger partial charge is 0.0484 e. The maximum absolute atomic E-state index is 6.10. The van der Waals surface area contributed by atoms with Gasteiger partial charge < -0.3 is 10.5 Å². The average Bonchev–Trinajstić information content (AvgIpc) is 2.25. The van der Waals surface area contributed by atoms with Gasteiger partial charge in [-0.15, -0.1) is 0 Å². The van der Waals surface area contributed by atoms with Crippen LogP contribution in [0.1, 0.15) is 36.9 Å². The third-order valence-electron chi connectivity index (χ3n) is 2.51. The summed E-state index contributed by atoms with van der Waals surface area (Å²) in [6.07, 6.45) is 1.96. The Labute approximate surface area is 92.4 Å². The molecule has 0 aliphatic carbocycles. The molecule has 1 aromatic carbocycles. The van der Waals surface area contributed by atoms with E-state index in [1.165, 1.54) is 11.1 Å². The molecule has 0 saturated heterocycles. The minimum Gasteiger partial charge on any atom is -0.381 e. The molecule has 0 spiro atoms. The van der Waals surface area contributed by atoms with Crippen molar-refractivity contribution in [2.75, 3.05) is 13.2 Å². The molecule has 1 atom stereocenters. The van der Waals surface area contributed by atoms with Gasteiger partial charge in [0.1, 0.15) is 0 Å². The van der Waals surface area contributed by atoms with Crippen LogP contribution in [-0.2, 0) is 4.74 Å². The molecular formula is C13H21NO. The lowest BCUT2D eigenvalue weighted by molar-refractivity contribution is 0.128. The van der Waals surface area contributed by atoms with Crippen LogP contribution >= 0.6 is 0 Å². The fourth-order valence-electron chi connectivity index (χ4n) is 1.62. The normalized spacial score (nSPS) is 12.7. The Kier molecular flexibility index (Phi) is 5.37. The van der Waals surface area contributed by atoms with Gasteiger partial charge in [-0.05, 0) is 30.9 Å². The van der Waals surface area contributed by atoms with Crippen molar-refractivity contribution in [1.29, 1.82) is 0 Å². The minimum absolute atomic E-state index is 0.100. The summed E-state index contributed by atoms with van der Waals surface area (Å²) in [5.41, 5.74) is 8.60. The molecule has 1 aromatic rings. The molecule has 0 aliphatic rings. The van der Waals surface area contributed by atoms with Crippen molar-refractivity contribution in [1.82, 2.24) is 0 Å². The number of rotatable bonds is 6. The van der Waals surface area contributed by atoms with Crippen molar-refractivity contribution in [3.8, 4) is 0 Å². The fourth-order valence-corrected chi connectivity index (χ4v) is 1.62. The average molecular weight is 207 g/mol. The number of ether oxygens (including phenoxy) is 1. The number of hydrogen-bond donors (Lipinski definition) is 1. The Hall–Kier alpha value is -0.860. The van der Waals surface area contributed by atoms with Crippen LogP contribution in [0.25, 0.3) is 0 Å². The first-order valence-electron chi connectivity index (χ1n) is 5.64. The van der Waals surface area contributed by atoms with Gasteiger partial charge in [0.05, 0.1) is 0 Å². The molecule has 0 amide bonds. The molecule has 1 unspecified atom stereocenters. The predicted molar refractivity (Wildman–Crippen MR) is 63.8 cm³/mol. The molecular weight excluding hydrogens is 186 g/mol. The van der Waals surface area contributed by atoms with Gasteiger partial charge in [-0.2, -0.15) is 0 Å². The van der Waals surface area contributed by atoms with Crippen LogP contribution < -0.4 is 5.73 Å². The van der Waals surface area contributed by atoms with Crippen LogP contribution in [0.15, 0.2) is 24.3 Å². The van der Waals surface area contributed by atoms with Gasteiger partial charge in [0.2, 0.25) is 0 Å². The Balaban J connectivity index is 2.40. The minimum atomic E-state index is 0.100. The highest BCUT2D eigenvalue weighted by molar-refractivity contribution is 5.28. The summed E-state index contributed by atoms with van der Waals surface area (Å²) < 4.78 is 5.43. The number of hydrogen-bond acceptors (Lipinski definition) is 2. The van der Waals surface area contributed by atoms with Gasteiger partial charge in [0.25, 0.3) is 0 Å². The first kappa shape index (κ1) is 12.2. The summed E-state index contributed by atoms with van der Waals surface area (Å²) in [4.78, 5) is 0. The third kappa shape index (κ3) is 4.02. The molecule has 2 heteroatoms. The van der Waals surface area contributed by atoms with Crippen molar-refractivity contribution < 1.29 is 4.74 Å². The fraction of sp³-hybridized carbons (Fsp3) is 0.538. The van der Waals surface area contributed by atoms with E-state index in [1.54, 1.807) is 0 Å². The molecule has 84 valence electrons. The first-order chi connectivity index (χ1) is 7.25. The monoisotopic (exact) mass is 207 g/mol. The zero-order valence-electron chi connectivity index (χ0n) is 9.70. The highest BCUT2D eigenvalue weighted by Gasteiger charge is 2.07. The quantitative estimate of drug-likeness (QED) is 0.728. The summed E-state index contributed by atoms with van der Waals surface area (Å²) >= 11 is 0. The summed E-state index contributed by atoms with van der Waals surface area (Å²) in [7, 11) is 0. The zero-order chi connectivity index (χ0) is 11.1. The molecule has 0 aromatic heterocycles. The molecule has 0 aliphatic heterocycles. The van der Waals surface area contributed by atoms with Crippen molar-refractivity contribution >= 4 is 0 Å². The van der Waals surface area contributed by atoms with E-state index in [2.05, 4.69) is 26.0 Å². The number of nitrogens with two attached hydrogens (primary N) is 1. The van der Waals surface area contributed by atoms with E-state index in [4.69, 9.17) is 10.5 Å². The highest BCUT2D eigenvalue weighted by atomic mass is 16.5. The second kappa shape index (κ2) is 6.59. The van der Waals surface area contributed by atoms with Crippen molar-refractivity contribution in [3.63, 3.8) is 0 Å². The van der Waals surface area contributed by atoms with E-state index >= 15 is 0 Å². The van der Waals surface area contributed by atoms with Crippen molar-refractivity contribution in [2.24, 2.45) is 5.73 Å². The molecule has 2 N–H and O–H groups in total. The Morgan fingerprint density at radius 3 is 2.67 bits per heavy atom. The van der Waals surface area contributed by atoms with Gasteiger partial charge in [-0.25, -0.2) is 0 Å². The molecule has 0 heterocycles. The van der Waals surface area contributed by atoms with E-state index in [0.29, 0.717) is 0 Å². The lowest BCUT2D eigenvalue weighted by atomic mass is 10.00.